The third-order valence-corrected chi connectivity index (χ3v) is 4.97. The summed E-state index contributed by atoms with van der Waals surface area (Å²) in [6, 6.07) is 3.17. The van der Waals surface area contributed by atoms with Gasteiger partial charge in [0, 0.05) is 31.7 Å². The predicted octanol–water partition coefficient (Wildman–Crippen LogP) is 3.74. The van der Waals surface area contributed by atoms with Gasteiger partial charge in [-0.25, -0.2) is 0 Å². The third-order valence-electron chi connectivity index (χ3n) is 4.97. The molecule has 0 amide bonds. The van der Waals surface area contributed by atoms with Gasteiger partial charge >= 0.3 is 0 Å². The van der Waals surface area contributed by atoms with E-state index in [0.29, 0.717) is 12.0 Å². The number of hydrogen-bond acceptors (Lipinski definition) is 3. The van der Waals surface area contributed by atoms with Crippen LogP contribution in [0.3, 0.4) is 0 Å². The second-order valence-corrected chi connectivity index (χ2v) is 6.45. The Labute approximate surface area is 124 Å². The molecule has 1 aliphatic heterocycles. The number of hydrogen-bond donors (Lipinski definition) is 0. The first-order valence-corrected chi connectivity index (χ1v) is 8.58. The summed E-state index contributed by atoms with van der Waals surface area (Å²) < 4.78 is 5.99. The van der Waals surface area contributed by atoms with E-state index < -0.39 is 0 Å². The van der Waals surface area contributed by atoms with Crippen molar-refractivity contribution in [2.24, 2.45) is 5.92 Å². The summed E-state index contributed by atoms with van der Waals surface area (Å²) in [5.74, 6) is 0.325. The molecule has 0 spiro atoms. The van der Waals surface area contributed by atoms with Crippen molar-refractivity contribution in [2.45, 2.75) is 76.9 Å². The zero-order valence-corrected chi connectivity index (χ0v) is 13.0. The van der Waals surface area contributed by atoms with Crippen LogP contribution < -0.4 is 0 Å². The Morgan fingerprint density at radius 3 is 2.35 bits per heavy atom. The Balaban J connectivity index is 1.61. The zero-order chi connectivity index (χ0) is 14.2. The SMILES string of the molecule is CCCCCOC1CCN([C@H]2CC[C@H](C#N)CC2)CC1. The van der Waals surface area contributed by atoms with E-state index in [0.717, 1.165) is 25.5 Å². The average molecular weight is 278 g/mol. The molecule has 20 heavy (non-hydrogen) atoms. The smallest absolute Gasteiger partial charge is 0.0655 e. The van der Waals surface area contributed by atoms with E-state index in [-0.39, 0.29) is 0 Å². The number of likely N-dealkylation sites (tertiary alicyclic amines) is 1. The van der Waals surface area contributed by atoms with Crippen LogP contribution in [0.25, 0.3) is 0 Å². The number of ether oxygens (including phenoxy) is 1. The van der Waals surface area contributed by atoms with E-state index in [2.05, 4.69) is 17.9 Å². The maximum atomic E-state index is 8.96. The number of nitrogens with zero attached hydrogens (tertiary/aromatic N) is 2. The predicted molar refractivity (Wildman–Crippen MR) is 81.4 cm³/mol. The molecule has 0 bridgehead atoms. The molecule has 114 valence electrons. The molecular formula is C17H30N2O. The summed E-state index contributed by atoms with van der Waals surface area (Å²) in [5.41, 5.74) is 0. The van der Waals surface area contributed by atoms with Crippen molar-refractivity contribution >= 4 is 0 Å². The average Bonchev–Trinajstić information content (AvgIpc) is 2.52. The van der Waals surface area contributed by atoms with Gasteiger partial charge in [-0.05, 0) is 44.9 Å². The van der Waals surface area contributed by atoms with Crippen LogP contribution in [0.15, 0.2) is 0 Å². The number of unbranched alkanes of at least 4 members (excludes halogenated alkanes) is 2. The minimum atomic E-state index is 0.325. The van der Waals surface area contributed by atoms with Crippen LogP contribution in [0.4, 0.5) is 0 Å². The topological polar surface area (TPSA) is 36.3 Å². The molecule has 2 rings (SSSR count). The summed E-state index contributed by atoms with van der Waals surface area (Å²) in [5, 5.41) is 8.96. The highest BCUT2D eigenvalue weighted by Gasteiger charge is 2.28. The van der Waals surface area contributed by atoms with Crippen molar-refractivity contribution in [3.05, 3.63) is 0 Å². The van der Waals surface area contributed by atoms with Crippen molar-refractivity contribution in [2.75, 3.05) is 19.7 Å². The molecule has 0 N–H and O–H groups in total. The highest BCUT2D eigenvalue weighted by atomic mass is 16.5. The highest BCUT2D eigenvalue weighted by Crippen LogP contribution is 2.29. The normalized spacial score (nSPS) is 29.2. The van der Waals surface area contributed by atoms with Crippen molar-refractivity contribution < 1.29 is 4.74 Å². The van der Waals surface area contributed by atoms with E-state index in [1.54, 1.807) is 0 Å². The maximum Gasteiger partial charge on any atom is 0.0655 e. The fourth-order valence-electron chi connectivity index (χ4n) is 3.58. The van der Waals surface area contributed by atoms with Crippen LogP contribution in [0.2, 0.25) is 0 Å². The maximum absolute atomic E-state index is 8.96. The van der Waals surface area contributed by atoms with E-state index >= 15 is 0 Å². The van der Waals surface area contributed by atoms with Gasteiger partial charge in [0.05, 0.1) is 12.2 Å². The van der Waals surface area contributed by atoms with Gasteiger partial charge in [0.15, 0.2) is 0 Å². The van der Waals surface area contributed by atoms with Crippen LogP contribution in [0, 0.1) is 17.2 Å². The first-order valence-electron chi connectivity index (χ1n) is 8.58. The van der Waals surface area contributed by atoms with Crippen LogP contribution in [0.5, 0.6) is 0 Å². The fraction of sp³-hybridized carbons (Fsp3) is 0.941. The molecule has 3 heteroatoms. The Bertz CT molecular complexity index is 297. The molecule has 2 fully saturated rings. The van der Waals surface area contributed by atoms with Gasteiger partial charge in [-0.2, -0.15) is 5.26 Å². The molecule has 0 unspecified atom stereocenters. The van der Waals surface area contributed by atoms with Gasteiger partial charge in [-0.1, -0.05) is 19.8 Å². The third kappa shape index (κ3) is 4.75. The molecule has 0 atom stereocenters. The van der Waals surface area contributed by atoms with E-state index in [1.165, 1.54) is 58.0 Å². The van der Waals surface area contributed by atoms with Gasteiger partial charge in [0.25, 0.3) is 0 Å². The standard InChI is InChI=1S/C17H30N2O/c1-2-3-4-13-20-17-9-11-19(12-10-17)16-7-5-15(14-18)6-8-16/h15-17H,2-13H2,1H3/t15-,16-. The lowest BCUT2D eigenvalue weighted by Gasteiger charge is -2.39. The van der Waals surface area contributed by atoms with Gasteiger partial charge in [-0.3, -0.25) is 0 Å². The van der Waals surface area contributed by atoms with Crippen LogP contribution in [0.1, 0.15) is 64.7 Å². The van der Waals surface area contributed by atoms with Crippen molar-refractivity contribution in [1.82, 2.24) is 4.90 Å². The fourth-order valence-corrected chi connectivity index (χ4v) is 3.58. The quantitative estimate of drug-likeness (QED) is 0.694. The zero-order valence-electron chi connectivity index (χ0n) is 13.0. The van der Waals surface area contributed by atoms with Gasteiger partial charge in [-0.15, -0.1) is 0 Å². The molecule has 1 saturated carbocycles. The molecular weight excluding hydrogens is 248 g/mol. The second-order valence-electron chi connectivity index (χ2n) is 6.45. The molecule has 1 saturated heterocycles. The molecule has 0 aromatic heterocycles. The summed E-state index contributed by atoms with van der Waals surface area (Å²) >= 11 is 0. The molecule has 3 nitrogen and oxygen atoms in total. The Kier molecular flexibility index (Phi) is 6.82. The van der Waals surface area contributed by atoms with Crippen molar-refractivity contribution in [3.63, 3.8) is 0 Å². The number of rotatable bonds is 6. The molecule has 1 aliphatic carbocycles. The van der Waals surface area contributed by atoms with Crippen molar-refractivity contribution in [3.8, 4) is 6.07 Å². The van der Waals surface area contributed by atoms with Crippen molar-refractivity contribution in [1.29, 1.82) is 5.26 Å². The first kappa shape index (κ1) is 15.8. The van der Waals surface area contributed by atoms with Crippen LogP contribution >= 0.6 is 0 Å². The van der Waals surface area contributed by atoms with Crippen LogP contribution in [-0.4, -0.2) is 36.7 Å². The van der Waals surface area contributed by atoms with Gasteiger partial charge in [0.2, 0.25) is 0 Å². The lowest BCUT2D eigenvalue weighted by atomic mass is 9.85. The monoisotopic (exact) mass is 278 g/mol. The van der Waals surface area contributed by atoms with E-state index in [4.69, 9.17) is 10.00 Å². The summed E-state index contributed by atoms with van der Waals surface area (Å²) in [6.45, 7) is 5.58. The lowest BCUT2D eigenvalue weighted by Crippen LogP contribution is -2.44. The lowest BCUT2D eigenvalue weighted by molar-refractivity contribution is -0.00805. The molecule has 1 heterocycles. The van der Waals surface area contributed by atoms with E-state index in [1.807, 2.05) is 0 Å². The largest absolute Gasteiger partial charge is 0.378 e. The molecule has 0 aromatic carbocycles. The highest BCUT2D eigenvalue weighted by molar-refractivity contribution is 4.90. The second kappa shape index (κ2) is 8.64. The number of nitriles is 1. The molecule has 2 aliphatic rings. The molecule has 0 aromatic rings. The minimum Gasteiger partial charge on any atom is -0.378 e. The Morgan fingerprint density at radius 2 is 1.75 bits per heavy atom. The first-order chi connectivity index (χ1) is 9.83. The Hall–Kier alpha value is -0.590. The Morgan fingerprint density at radius 1 is 1.05 bits per heavy atom. The molecule has 0 radical (unpaired) electrons. The van der Waals surface area contributed by atoms with E-state index in [9.17, 15) is 0 Å². The van der Waals surface area contributed by atoms with Gasteiger partial charge < -0.3 is 9.64 Å². The van der Waals surface area contributed by atoms with Gasteiger partial charge in [0.1, 0.15) is 0 Å². The summed E-state index contributed by atoms with van der Waals surface area (Å²) in [6.07, 6.45) is 11.3. The summed E-state index contributed by atoms with van der Waals surface area (Å²) in [7, 11) is 0. The minimum absolute atomic E-state index is 0.325. The van der Waals surface area contributed by atoms with Crippen LogP contribution in [-0.2, 0) is 4.74 Å². The summed E-state index contributed by atoms with van der Waals surface area (Å²) in [4.78, 5) is 2.65. The number of piperidine rings is 1.